The lowest BCUT2D eigenvalue weighted by molar-refractivity contribution is 0.136. The van der Waals surface area contributed by atoms with Crippen LogP contribution in [0.4, 0.5) is 0 Å². The van der Waals surface area contributed by atoms with Gasteiger partial charge in [-0.3, -0.25) is 9.45 Å². The molecule has 190 valence electrons. The molecule has 0 bridgehead atoms. The van der Waals surface area contributed by atoms with Crippen LogP contribution in [0.1, 0.15) is 90.9 Å². The van der Waals surface area contributed by atoms with E-state index in [2.05, 4.69) is 18.0 Å². The average molecular weight is 472 g/mol. The number of aliphatic hydroxyl groups is 3. The normalized spacial score (nSPS) is 12.6. The minimum atomic E-state index is -4.30. The first-order valence-electron chi connectivity index (χ1n) is 12.0. The molecule has 0 saturated carbocycles. The van der Waals surface area contributed by atoms with Gasteiger partial charge in [-0.05, 0) is 18.8 Å². The Balaban J connectivity index is 0. The first kappa shape index (κ1) is 32.9. The van der Waals surface area contributed by atoms with Crippen LogP contribution < -0.4 is 0 Å². The SMILES string of the molecule is CCCCCCCCC(CCCCCC)COS(=O)(=O)O.OCCN(CCO)CCO. The van der Waals surface area contributed by atoms with Crippen molar-refractivity contribution in [1.82, 2.24) is 4.90 Å². The Morgan fingerprint density at radius 3 is 1.48 bits per heavy atom. The van der Waals surface area contributed by atoms with E-state index in [9.17, 15) is 8.42 Å². The zero-order valence-electron chi connectivity index (χ0n) is 19.9. The Morgan fingerprint density at radius 2 is 1.10 bits per heavy atom. The zero-order chi connectivity index (χ0) is 23.8. The summed E-state index contributed by atoms with van der Waals surface area (Å²) in [6, 6.07) is 0. The molecular formula is C22H49NO7S. The highest BCUT2D eigenvalue weighted by molar-refractivity contribution is 7.80. The maximum atomic E-state index is 10.7. The molecule has 0 aromatic rings. The largest absolute Gasteiger partial charge is 0.397 e. The smallest absolute Gasteiger partial charge is 0.395 e. The quantitative estimate of drug-likeness (QED) is 0.148. The van der Waals surface area contributed by atoms with E-state index in [0.717, 1.165) is 25.7 Å². The second-order valence-corrected chi connectivity index (χ2v) is 9.09. The maximum absolute atomic E-state index is 10.7. The molecule has 0 aromatic heterocycles. The Kier molecular flexibility index (Phi) is 25.8. The number of unbranched alkanes of at least 4 members (excludes halogenated alkanes) is 8. The molecule has 0 fully saturated rings. The third kappa shape index (κ3) is 27.7. The third-order valence-electron chi connectivity index (χ3n) is 5.13. The summed E-state index contributed by atoms with van der Waals surface area (Å²) in [5.41, 5.74) is 0. The average Bonchev–Trinajstić information content (AvgIpc) is 2.71. The van der Waals surface area contributed by atoms with E-state index in [4.69, 9.17) is 19.9 Å². The van der Waals surface area contributed by atoms with Crippen LogP contribution in [0.2, 0.25) is 0 Å². The van der Waals surface area contributed by atoms with E-state index in [0.29, 0.717) is 19.6 Å². The van der Waals surface area contributed by atoms with Crippen molar-refractivity contribution in [2.45, 2.75) is 90.9 Å². The van der Waals surface area contributed by atoms with Crippen molar-refractivity contribution in [2.24, 2.45) is 5.92 Å². The fourth-order valence-corrected chi connectivity index (χ4v) is 3.69. The first-order chi connectivity index (χ1) is 14.8. The fraction of sp³-hybridized carbons (Fsp3) is 1.00. The number of nitrogens with zero attached hydrogens (tertiary/aromatic N) is 1. The molecule has 9 heteroatoms. The van der Waals surface area contributed by atoms with Gasteiger partial charge in [0, 0.05) is 19.6 Å². The maximum Gasteiger partial charge on any atom is 0.397 e. The lowest BCUT2D eigenvalue weighted by Crippen LogP contribution is -2.32. The molecule has 0 saturated heterocycles. The van der Waals surface area contributed by atoms with Crippen molar-refractivity contribution >= 4 is 10.4 Å². The zero-order valence-corrected chi connectivity index (χ0v) is 20.7. The van der Waals surface area contributed by atoms with Gasteiger partial charge in [-0.15, -0.1) is 0 Å². The lowest BCUT2D eigenvalue weighted by atomic mass is 9.95. The van der Waals surface area contributed by atoms with Gasteiger partial charge in [-0.2, -0.15) is 8.42 Å². The van der Waals surface area contributed by atoms with Crippen molar-refractivity contribution in [1.29, 1.82) is 0 Å². The summed E-state index contributed by atoms with van der Waals surface area (Å²) in [4.78, 5) is 1.79. The molecule has 0 rings (SSSR count). The minimum Gasteiger partial charge on any atom is -0.395 e. The molecule has 0 radical (unpaired) electrons. The van der Waals surface area contributed by atoms with Crippen molar-refractivity contribution < 1.29 is 32.5 Å². The van der Waals surface area contributed by atoms with E-state index in [1.165, 1.54) is 51.4 Å². The predicted octanol–water partition coefficient (Wildman–Crippen LogP) is 3.41. The fourth-order valence-electron chi connectivity index (χ4n) is 3.33. The molecule has 0 aliphatic heterocycles. The number of hydrogen-bond donors (Lipinski definition) is 4. The van der Waals surface area contributed by atoms with Crippen molar-refractivity contribution in [3.8, 4) is 0 Å². The van der Waals surface area contributed by atoms with Crippen LogP contribution in [0.3, 0.4) is 0 Å². The summed E-state index contributed by atoms with van der Waals surface area (Å²) in [5, 5.41) is 25.5. The number of hydrogen-bond acceptors (Lipinski definition) is 7. The molecule has 0 aliphatic rings. The van der Waals surface area contributed by atoms with Gasteiger partial charge in [0.25, 0.3) is 0 Å². The molecule has 0 aromatic carbocycles. The predicted molar refractivity (Wildman–Crippen MR) is 125 cm³/mol. The molecule has 1 unspecified atom stereocenters. The van der Waals surface area contributed by atoms with Gasteiger partial charge < -0.3 is 15.3 Å². The Bertz CT molecular complexity index is 435. The number of aliphatic hydroxyl groups excluding tert-OH is 3. The summed E-state index contributed by atoms with van der Waals surface area (Å²) < 4.78 is 34.7. The summed E-state index contributed by atoms with van der Waals surface area (Å²) >= 11 is 0. The monoisotopic (exact) mass is 471 g/mol. The topological polar surface area (TPSA) is 128 Å². The second-order valence-electron chi connectivity index (χ2n) is 8.00. The highest BCUT2D eigenvalue weighted by Gasteiger charge is 2.13. The lowest BCUT2D eigenvalue weighted by Gasteiger charge is -2.17. The van der Waals surface area contributed by atoms with E-state index in [1.54, 1.807) is 4.90 Å². The molecule has 8 nitrogen and oxygen atoms in total. The summed E-state index contributed by atoms with van der Waals surface area (Å²) in [7, 11) is -4.30. The highest BCUT2D eigenvalue weighted by atomic mass is 32.3. The number of rotatable bonds is 21. The van der Waals surface area contributed by atoms with E-state index in [-0.39, 0.29) is 32.3 Å². The second kappa shape index (κ2) is 24.4. The van der Waals surface area contributed by atoms with E-state index >= 15 is 0 Å². The van der Waals surface area contributed by atoms with E-state index < -0.39 is 10.4 Å². The molecule has 1 atom stereocenters. The van der Waals surface area contributed by atoms with Crippen molar-refractivity contribution in [2.75, 3.05) is 46.1 Å². The van der Waals surface area contributed by atoms with Gasteiger partial charge in [0.2, 0.25) is 0 Å². The Hall–Kier alpha value is -0.290. The van der Waals surface area contributed by atoms with Crippen LogP contribution in [0.25, 0.3) is 0 Å². The minimum absolute atomic E-state index is 0.0694. The molecule has 0 amide bonds. The molecule has 0 spiro atoms. The van der Waals surface area contributed by atoms with Gasteiger partial charge in [0.1, 0.15) is 0 Å². The van der Waals surface area contributed by atoms with E-state index in [1.807, 2.05) is 0 Å². The first-order valence-corrected chi connectivity index (χ1v) is 13.4. The van der Waals surface area contributed by atoms with Crippen molar-refractivity contribution in [3.63, 3.8) is 0 Å². The van der Waals surface area contributed by atoms with Crippen LogP contribution in [-0.4, -0.2) is 79.3 Å². The van der Waals surface area contributed by atoms with Gasteiger partial charge in [0.15, 0.2) is 0 Å². The molecular weight excluding hydrogens is 422 g/mol. The van der Waals surface area contributed by atoms with Crippen molar-refractivity contribution in [3.05, 3.63) is 0 Å². The van der Waals surface area contributed by atoms with Crippen LogP contribution in [0.15, 0.2) is 0 Å². The van der Waals surface area contributed by atoms with Gasteiger partial charge in [-0.1, -0.05) is 78.1 Å². The standard InChI is InChI=1S/C16H34O4S.C6H15NO3/c1-3-5-7-9-10-12-14-16(13-11-8-6-4-2)15-20-21(17,18)19;8-4-1-7(2-5-9)3-6-10/h16H,3-15H2,1-2H3,(H,17,18,19);8-10H,1-6H2. The highest BCUT2D eigenvalue weighted by Crippen LogP contribution is 2.19. The summed E-state index contributed by atoms with van der Waals surface area (Å²) in [5.74, 6) is 0.245. The van der Waals surface area contributed by atoms with Crippen LogP contribution >= 0.6 is 0 Å². The van der Waals surface area contributed by atoms with Gasteiger partial charge in [-0.25, -0.2) is 4.18 Å². The van der Waals surface area contributed by atoms with Crippen LogP contribution in [0.5, 0.6) is 0 Å². The van der Waals surface area contributed by atoms with Gasteiger partial charge >= 0.3 is 10.4 Å². The van der Waals surface area contributed by atoms with Crippen LogP contribution in [0, 0.1) is 5.92 Å². The summed E-state index contributed by atoms with van der Waals surface area (Å²) in [6.45, 7) is 6.26. The Morgan fingerprint density at radius 1 is 0.710 bits per heavy atom. The summed E-state index contributed by atoms with van der Waals surface area (Å²) in [6.07, 6.45) is 14.1. The molecule has 0 heterocycles. The third-order valence-corrected chi connectivity index (χ3v) is 5.57. The van der Waals surface area contributed by atoms with Crippen LogP contribution in [-0.2, 0) is 14.6 Å². The Labute approximate surface area is 191 Å². The molecule has 4 N–H and O–H groups in total. The molecule has 31 heavy (non-hydrogen) atoms. The van der Waals surface area contributed by atoms with Gasteiger partial charge in [0.05, 0.1) is 26.4 Å². The molecule has 0 aliphatic carbocycles.